The maximum Gasteiger partial charge on any atom is 0.0903 e. The molecule has 0 amide bonds. The van der Waals surface area contributed by atoms with Gasteiger partial charge in [-0.1, -0.05) is 66.7 Å². The number of rotatable bonds is 1. The Morgan fingerprint density at radius 1 is 0.538 bits per heavy atom. The molecule has 6 rings (SSSR count). The van der Waals surface area contributed by atoms with Gasteiger partial charge in [0.05, 0.1) is 20.4 Å². The number of benzene rings is 3. The van der Waals surface area contributed by atoms with E-state index in [-0.39, 0.29) is 0 Å². The van der Waals surface area contributed by atoms with Crippen molar-refractivity contribution in [3.63, 3.8) is 0 Å². The van der Waals surface area contributed by atoms with E-state index in [0.29, 0.717) is 0 Å². The predicted molar refractivity (Wildman–Crippen MR) is 115 cm³/mol. The van der Waals surface area contributed by atoms with Gasteiger partial charge >= 0.3 is 0 Å². The van der Waals surface area contributed by atoms with Crippen LogP contribution in [0.1, 0.15) is 0 Å². The number of pyridine rings is 1. The van der Waals surface area contributed by atoms with Crippen molar-refractivity contribution >= 4 is 63.3 Å². The van der Waals surface area contributed by atoms with Crippen LogP contribution < -0.4 is 0 Å². The van der Waals surface area contributed by atoms with Crippen LogP contribution in [0.15, 0.2) is 78.9 Å². The van der Waals surface area contributed by atoms with Crippen LogP contribution in [0, 0.1) is 0 Å². The summed E-state index contributed by atoms with van der Waals surface area (Å²) in [4.78, 5) is 5.16. The molecule has 3 heterocycles. The van der Waals surface area contributed by atoms with Gasteiger partial charge < -0.3 is 0 Å². The third-order valence-electron chi connectivity index (χ3n) is 4.88. The number of fused-ring (bicyclic) bond motifs is 6. The minimum absolute atomic E-state index is 1.13. The SMILES string of the molecule is c1ccc(-c2c3sc4ccccc4c3nc3c2sc2ccccc23)cc1. The molecule has 0 unspecified atom stereocenters. The fourth-order valence-corrected chi connectivity index (χ4v) is 6.20. The number of hydrogen-bond acceptors (Lipinski definition) is 3. The number of nitrogens with zero attached hydrogens (tertiary/aromatic N) is 1. The van der Waals surface area contributed by atoms with Gasteiger partial charge in [0.2, 0.25) is 0 Å². The molecule has 0 aliphatic heterocycles. The largest absolute Gasteiger partial charge is 0.245 e. The standard InChI is InChI=1S/C23H13NS2/c1-2-8-14(9-3-1)19-22-20(15-10-4-6-12-17(15)25-22)24-21-16-11-5-7-13-18(16)26-23(19)21/h1-13H. The Balaban J connectivity index is 1.92. The number of thiophene rings is 2. The summed E-state index contributed by atoms with van der Waals surface area (Å²) in [5.41, 5.74) is 4.84. The van der Waals surface area contributed by atoms with Gasteiger partial charge in [0.25, 0.3) is 0 Å². The topological polar surface area (TPSA) is 12.9 Å². The second-order valence-corrected chi connectivity index (χ2v) is 8.51. The normalized spacial score (nSPS) is 11.8. The average molecular weight is 367 g/mol. The van der Waals surface area contributed by atoms with Crippen molar-refractivity contribution in [2.24, 2.45) is 0 Å². The van der Waals surface area contributed by atoms with Gasteiger partial charge in [0.1, 0.15) is 0 Å². The van der Waals surface area contributed by atoms with E-state index in [9.17, 15) is 0 Å². The van der Waals surface area contributed by atoms with E-state index in [2.05, 4.69) is 78.9 Å². The van der Waals surface area contributed by atoms with E-state index in [1.54, 1.807) is 0 Å². The monoisotopic (exact) mass is 367 g/mol. The zero-order valence-electron chi connectivity index (χ0n) is 13.8. The maximum atomic E-state index is 5.16. The van der Waals surface area contributed by atoms with Crippen molar-refractivity contribution in [1.82, 2.24) is 4.98 Å². The van der Waals surface area contributed by atoms with Crippen molar-refractivity contribution in [3.8, 4) is 11.1 Å². The average Bonchev–Trinajstić information content (AvgIpc) is 3.25. The van der Waals surface area contributed by atoms with Gasteiger partial charge in [0.15, 0.2) is 0 Å². The molecule has 3 heteroatoms. The Bertz CT molecular complexity index is 1340. The lowest BCUT2D eigenvalue weighted by atomic mass is 10.0. The fourth-order valence-electron chi connectivity index (χ4n) is 3.71. The maximum absolute atomic E-state index is 5.16. The van der Waals surface area contributed by atoms with Crippen LogP contribution in [0.5, 0.6) is 0 Å². The predicted octanol–water partition coefficient (Wildman–Crippen LogP) is 7.48. The molecular formula is C23H13NS2. The van der Waals surface area contributed by atoms with E-state index >= 15 is 0 Å². The molecule has 26 heavy (non-hydrogen) atoms. The summed E-state index contributed by atoms with van der Waals surface area (Å²) in [6.45, 7) is 0. The first-order chi connectivity index (χ1) is 12.9. The lowest BCUT2D eigenvalue weighted by molar-refractivity contribution is 1.56. The molecule has 0 spiro atoms. The minimum Gasteiger partial charge on any atom is -0.245 e. The molecule has 3 aromatic carbocycles. The molecule has 0 atom stereocenters. The van der Waals surface area contributed by atoms with Crippen LogP contribution in [0.2, 0.25) is 0 Å². The summed E-state index contributed by atoms with van der Waals surface area (Å²) in [7, 11) is 0. The van der Waals surface area contributed by atoms with Crippen molar-refractivity contribution in [2.75, 3.05) is 0 Å². The minimum atomic E-state index is 1.13. The summed E-state index contributed by atoms with van der Waals surface area (Å²) in [5.74, 6) is 0. The highest BCUT2D eigenvalue weighted by atomic mass is 32.1. The van der Waals surface area contributed by atoms with Crippen molar-refractivity contribution in [2.45, 2.75) is 0 Å². The quantitative estimate of drug-likeness (QED) is 0.293. The van der Waals surface area contributed by atoms with Crippen LogP contribution in [0.25, 0.3) is 51.7 Å². The van der Waals surface area contributed by atoms with Crippen LogP contribution in [0.3, 0.4) is 0 Å². The lowest BCUT2D eigenvalue weighted by Gasteiger charge is -2.05. The Morgan fingerprint density at radius 3 is 1.62 bits per heavy atom. The summed E-state index contributed by atoms with van der Waals surface area (Å²) < 4.78 is 5.18. The first-order valence-electron chi connectivity index (χ1n) is 8.58. The zero-order valence-corrected chi connectivity index (χ0v) is 15.4. The second-order valence-electron chi connectivity index (χ2n) is 6.40. The van der Waals surface area contributed by atoms with Crippen LogP contribution in [-0.2, 0) is 0 Å². The molecular weight excluding hydrogens is 354 g/mol. The third-order valence-corrected chi connectivity index (χ3v) is 7.23. The zero-order chi connectivity index (χ0) is 17.1. The van der Waals surface area contributed by atoms with Crippen LogP contribution in [0.4, 0.5) is 0 Å². The second kappa shape index (κ2) is 5.37. The Kier molecular flexibility index (Phi) is 2.98. The van der Waals surface area contributed by atoms with Crippen LogP contribution >= 0.6 is 22.7 Å². The summed E-state index contributed by atoms with van der Waals surface area (Å²) in [6, 6.07) is 27.9. The summed E-state index contributed by atoms with van der Waals surface area (Å²) in [5, 5.41) is 2.50. The van der Waals surface area contributed by atoms with Gasteiger partial charge in [-0.3, -0.25) is 0 Å². The van der Waals surface area contributed by atoms with Gasteiger partial charge in [0, 0.05) is 25.7 Å². The number of aromatic nitrogens is 1. The molecule has 0 aliphatic rings. The summed E-state index contributed by atoms with van der Waals surface area (Å²) in [6.07, 6.45) is 0. The first-order valence-corrected chi connectivity index (χ1v) is 10.2. The van der Waals surface area contributed by atoms with E-state index in [0.717, 1.165) is 11.0 Å². The smallest absolute Gasteiger partial charge is 0.0903 e. The van der Waals surface area contributed by atoms with Crippen molar-refractivity contribution in [1.29, 1.82) is 0 Å². The molecule has 122 valence electrons. The highest BCUT2D eigenvalue weighted by Gasteiger charge is 2.18. The van der Waals surface area contributed by atoms with E-state index < -0.39 is 0 Å². The van der Waals surface area contributed by atoms with Gasteiger partial charge in [-0.15, -0.1) is 22.7 Å². The van der Waals surface area contributed by atoms with Gasteiger partial charge in [-0.05, 0) is 17.7 Å². The highest BCUT2D eigenvalue weighted by molar-refractivity contribution is 7.29. The molecule has 0 N–H and O–H groups in total. The lowest BCUT2D eigenvalue weighted by Crippen LogP contribution is -1.83. The van der Waals surface area contributed by atoms with Gasteiger partial charge in [-0.2, -0.15) is 0 Å². The number of hydrogen-bond donors (Lipinski definition) is 0. The molecule has 0 saturated carbocycles. The van der Waals surface area contributed by atoms with E-state index in [1.165, 1.54) is 40.7 Å². The Hall–Kier alpha value is -2.75. The van der Waals surface area contributed by atoms with Crippen molar-refractivity contribution < 1.29 is 0 Å². The Morgan fingerprint density at radius 2 is 1.04 bits per heavy atom. The fraction of sp³-hybridized carbons (Fsp3) is 0. The Labute approximate surface area is 158 Å². The molecule has 6 aromatic rings. The van der Waals surface area contributed by atoms with Gasteiger partial charge in [-0.25, -0.2) is 4.98 Å². The van der Waals surface area contributed by atoms with E-state index in [4.69, 9.17) is 4.98 Å². The van der Waals surface area contributed by atoms with Crippen molar-refractivity contribution in [3.05, 3.63) is 78.9 Å². The molecule has 0 saturated heterocycles. The molecule has 0 fully saturated rings. The summed E-state index contributed by atoms with van der Waals surface area (Å²) >= 11 is 3.70. The molecule has 0 aliphatic carbocycles. The first kappa shape index (κ1) is 14.4. The van der Waals surface area contributed by atoms with Crippen LogP contribution in [-0.4, -0.2) is 4.98 Å². The molecule has 0 bridgehead atoms. The van der Waals surface area contributed by atoms with E-state index in [1.807, 2.05) is 22.7 Å². The third kappa shape index (κ3) is 1.93. The molecule has 3 aromatic heterocycles. The highest BCUT2D eigenvalue weighted by Crippen LogP contribution is 2.46. The molecule has 0 radical (unpaired) electrons. The molecule has 1 nitrogen and oxygen atoms in total.